The van der Waals surface area contributed by atoms with E-state index in [1.165, 1.54) is 14.0 Å². The number of halogens is 1. The number of hydrogen-bond donors (Lipinski definition) is 0. The number of carbonyl (C=O) groups is 2. The zero-order chi connectivity index (χ0) is 7.44. The van der Waals surface area contributed by atoms with Crippen molar-refractivity contribution in [1.82, 2.24) is 4.90 Å². The van der Waals surface area contributed by atoms with Crippen LogP contribution in [0.15, 0.2) is 0 Å². The van der Waals surface area contributed by atoms with Gasteiger partial charge in [-0.1, -0.05) is 0 Å². The van der Waals surface area contributed by atoms with Crippen molar-refractivity contribution in [2.24, 2.45) is 0 Å². The first-order valence-corrected chi connectivity index (χ1v) is 2.44. The van der Waals surface area contributed by atoms with E-state index in [2.05, 4.69) is 0 Å². The van der Waals surface area contributed by atoms with Crippen LogP contribution in [0.5, 0.6) is 0 Å². The van der Waals surface area contributed by atoms with Crippen molar-refractivity contribution in [3.8, 4) is 0 Å². The van der Waals surface area contributed by atoms with Crippen molar-refractivity contribution in [2.45, 2.75) is 6.92 Å². The molecule has 0 aliphatic carbocycles. The van der Waals surface area contributed by atoms with Gasteiger partial charge in [0.15, 0.2) is 0 Å². The number of hydrogen-bond acceptors (Lipinski definition) is 2. The average Bonchev–Trinajstić information content (AvgIpc) is 1.63. The molecule has 0 bridgehead atoms. The molecule has 4 heteroatoms. The van der Waals surface area contributed by atoms with Crippen LogP contribution in [-0.2, 0) is 4.79 Å². The van der Waals surface area contributed by atoms with E-state index in [-0.39, 0.29) is 12.3 Å². The van der Waals surface area contributed by atoms with Gasteiger partial charge in [-0.3, -0.25) is 4.79 Å². The molecular weight excluding hydrogens is 125 g/mol. The third-order valence-corrected chi connectivity index (χ3v) is 0.760. The van der Waals surface area contributed by atoms with Gasteiger partial charge in [0.05, 0.1) is 6.54 Å². The molecular formula is C5H8FNO2. The summed E-state index contributed by atoms with van der Waals surface area (Å²) in [6.07, 6.45) is -1.58. The Bertz CT molecular complexity index is 135. The molecule has 0 rings (SSSR count). The predicted octanol–water partition coefficient (Wildman–Crippen LogP) is 0.597. The SMILES string of the molecule is CC(=O)CN(C)C(=O)F. The fourth-order valence-corrected chi connectivity index (χ4v) is 0.396. The maximum atomic E-state index is 11.6. The van der Waals surface area contributed by atoms with E-state index in [4.69, 9.17) is 0 Å². The van der Waals surface area contributed by atoms with Crippen LogP contribution >= 0.6 is 0 Å². The van der Waals surface area contributed by atoms with E-state index < -0.39 is 6.16 Å². The number of ketones is 1. The van der Waals surface area contributed by atoms with Crippen LogP contribution in [0, 0.1) is 0 Å². The van der Waals surface area contributed by atoms with Gasteiger partial charge in [0, 0.05) is 7.05 Å². The van der Waals surface area contributed by atoms with Crippen molar-refractivity contribution in [3.63, 3.8) is 0 Å². The second-order valence-corrected chi connectivity index (χ2v) is 1.81. The Morgan fingerprint density at radius 3 is 2.11 bits per heavy atom. The van der Waals surface area contributed by atoms with Crippen LogP contribution in [0.2, 0.25) is 0 Å². The Labute approximate surface area is 52.4 Å². The molecule has 0 aliphatic heterocycles. The van der Waals surface area contributed by atoms with Crippen molar-refractivity contribution in [1.29, 1.82) is 0 Å². The summed E-state index contributed by atoms with van der Waals surface area (Å²) < 4.78 is 11.6. The monoisotopic (exact) mass is 133 g/mol. The summed E-state index contributed by atoms with van der Waals surface area (Å²) in [5.74, 6) is -0.233. The molecule has 0 heterocycles. The summed E-state index contributed by atoms with van der Waals surface area (Å²) in [6.45, 7) is 1.13. The van der Waals surface area contributed by atoms with Crippen LogP contribution in [0.3, 0.4) is 0 Å². The molecule has 0 fully saturated rings. The highest BCUT2D eigenvalue weighted by atomic mass is 19.1. The van der Waals surface area contributed by atoms with Crippen LogP contribution in [0.25, 0.3) is 0 Å². The summed E-state index contributed by atoms with van der Waals surface area (Å²) in [7, 11) is 1.23. The molecule has 0 N–H and O–H groups in total. The number of Topliss-reactive ketones (excluding diaryl/α,β-unsaturated/α-hetero) is 1. The highest BCUT2D eigenvalue weighted by Crippen LogP contribution is 1.87. The fourth-order valence-electron chi connectivity index (χ4n) is 0.396. The second-order valence-electron chi connectivity index (χ2n) is 1.81. The van der Waals surface area contributed by atoms with Gasteiger partial charge in [0.2, 0.25) is 0 Å². The lowest BCUT2D eigenvalue weighted by Gasteiger charge is -2.07. The number of amides is 1. The van der Waals surface area contributed by atoms with Gasteiger partial charge in [-0.2, -0.15) is 0 Å². The molecule has 0 aliphatic rings. The van der Waals surface area contributed by atoms with Crippen LogP contribution < -0.4 is 0 Å². The normalized spacial score (nSPS) is 8.78. The molecule has 0 aromatic rings. The van der Waals surface area contributed by atoms with E-state index in [0.717, 1.165) is 0 Å². The number of nitrogens with zero attached hydrogens (tertiary/aromatic N) is 1. The molecule has 0 aromatic carbocycles. The van der Waals surface area contributed by atoms with Crippen LogP contribution in [0.1, 0.15) is 6.92 Å². The standard InChI is InChI=1S/C5H8FNO2/c1-4(8)3-7(2)5(6)9/h3H2,1-2H3. The minimum absolute atomic E-state index is 0.157. The van der Waals surface area contributed by atoms with Crippen molar-refractivity contribution >= 4 is 11.9 Å². The Balaban J connectivity index is 3.63. The molecule has 0 atom stereocenters. The molecule has 0 saturated heterocycles. The first-order valence-electron chi connectivity index (χ1n) is 2.44. The molecule has 1 amide bonds. The Morgan fingerprint density at radius 1 is 1.56 bits per heavy atom. The molecule has 3 nitrogen and oxygen atoms in total. The molecule has 0 aromatic heterocycles. The summed E-state index contributed by atoms with van der Waals surface area (Å²) in [5, 5.41) is 0. The van der Waals surface area contributed by atoms with Gasteiger partial charge in [-0.25, -0.2) is 4.79 Å². The average molecular weight is 133 g/mol. The summed E-state index contributed by atoms with van der Waals surface area (Å²) in [6, 6.07) is 0. The quantitative estimate of drug-likeness (QED) is 0.408. The van der Waals surface area contributed by atoms with Gasteiger partial charge in [0.1, 0.15) is 5.78 Å². The number of carbonyl (C=O) groups excluding carboxylic acids is 2. The maximum absolute atomic E-state index is 11.6. The lowest BCUT2D eigenvalue weighted by molar-refractivity contribution is -0.117. The minimum Gasteiger partial charge on any atom is -0.310 e. The zero-order valence-corrected chi connectivity index (χ0v) is 5.35. The summed E-state index contributed by atoms with van der Waals surface area (Å²) >= 11 is 0. The lowest BCUT2D eigenvalue weighted by atomic mass is 10.4. The van der Waals surface area contributed by atoms with Crippen molar-refractivity contribution in [2.75, 3.05) is 13.6 Å². The lowest BCUT2D eigenvalue weighted by Crippen LogP contribution is -2.26. The highest BCUT2D eigenvalue weighted by Gasteiger charge is 2.06. The first kappa shape index (κ1) is 8.07. The highest BCUT2D eigenvalue weighted by molar-refractivity contribution is 5.81. The van der Waals surface area contributed by atoms with Gasteiger partial charge in [0.25, 0.3) is 0 Å². The molecule has 0 saturated carbocycles. The molecule has 0 unspecified atom stereocenters. The van der Waals surface area contributed by atoms with Gasteiger partial charge in [-0.05, 0) is 6.92 Å². The molecule has 0 spiro atoms. The minimum atomic E-state index is -1.58. The third kappa shape index (κ3) is 3.64. The first-order chi connectivity index (χ1) is 4.04. The van der Waals surface area contributed by atoms with Crippen molar-refractivity contribution in [3.05, 3.63) is 0 Å². The Morgan fingerprint density at radius 2 is 2.00 bits per heavy atom. The van der Waals surface area contributed by atoms with E-state index in [1.54, 1.807) is 0 Å². The van der Waals surface area contributed by atoms with Crippen molar-refractivity contribution < 1.29 is 14.0 Å². The molecule has 9 heavy (non-hydrogen) atoms. The van der Waals surface area contributed by atoms with Crippen LogP contribution in [0.4, 0.5) is 9.18 Å². The van der Waals surface area contributed by atoms with E-state index >= 15 is 0 Å². The van der Waals surface area contributed by atoms with Crippen LogP contribution in [-0.4, -0.2) is 30.4 Å². The fraction of sp³-hybridized carbons (Fsp3) is 0.600. The maximum Gasteiger partial charge on any atom is 0.400 e. The zero-order valence-electron chi connectivity index (χ0n) is 5.35. The number of rotatable bonds is 2. The molecule has 0 radical (unpaired) electrons. The van der Waals surface area contributed by atoms with E-state index in [1.807, 2.05) is 0 Å². The summed E-state index contributed by atoms with van der Waals surface area (Å²) in [4.78, 5) is 20.7. The largest absolute Gasteiger partial charge is 0.400 e. The smallest absolute Gasteiger partial charge is 0.310 e. The number of likely N-dealkylation sites (N-methyl/N-ethyl adjacent to an activating group) is 1. The summed E-state index contributed by atoms with van der Waals surface area (Å²) in [5.41, 5.74) is 0. The van der Waals surface area contributed by atoms with Gasteiger partial charge < -0.3 is 4.90 Å². The second kappa shape index (κ2) is 3.17. The Kier molecular flexibility index (Phi) is 2.84. The molecule has 52 valence electrons. The topological polar surface area (TPSA) is 37.4 Å². The Hall–Kier alpha value is -0.930. The predicted molar refractivity (Wildman–Crippen MR) is 29.8 cm³/mol. The van der Waals surface area contributed by atoms with E-state index in [0.29, 0.717) is 4.90 Å². The van der Waals surface area contributed by atoms with Gasteiger partial charge in [-0.15, -0.1) is 4.39 Å². The third-order valence-electron chi connectivity index (χ3n) is 0.760. The van der Waals surface area contributed by atoms with E-state index in [9.17, 15) is 14.0 Å². The van der Waals surface area contributed by atoms with Gasteiger partial charge >= 0.3 is 6.16 Å².